The minimum atomic E-state index is -0.246. The molecule has 20 heavy (non-hydrogen) atoms. The Bertz CT molecular complexity index is 661. The van der Waals surface area contributed by atoms with Crippen molar-refractivity contribution in [3.8, 4) is 5.75 Å². The van der Waals surface area contributed by atoms with Crippen LogP contribution >= 0.6 is 23.2 Å². The average Bonchev–Trinajstić information content (AvgIpc) is 2.38. The number of benzene rings is 2. The van der Waals surface area contributed by atoms with E-state index in [0.717, 1.165) is 11.1 Å². The number of nitrogens with one attached hydrogen (secondary N) is 1. The molecule has 5 heteroatoms. The lowest BCUT2D eigenvalue weighted by Crippen LogP contribution is -2.13. The van der Waals surface area contributed by atoms with Crippen molar-refractivity contribution in [3.05, 3.63) is 57.1 Å². The predicted octanol–water partition coefficient (Wildman–Crippen LogP) is 4.57. The van der Waals surface area contributed by atoms with E-state index in [1.54, 1.807) is 0 Å². The molecule has 104 valence electrons. The average molecular weight is 310 g/mol. The van der Waals surface area contributed by atoms with Crippen LogP contribution in [0.15, 0.2) is 30.3 Å². The summed E-state index contributed by atoms with van der Waals surface area (Å²) >= 11 is 11.6. The van der Waals surface area contributed by atoms with Crippen molar-refractivity contribution < 1.29 is 9.90 Å². The highest BCUT2D eigenvalue weighted by molar-refractivity contribution is 6.37. The monoisotopic (exact) mass is 309 g/mol. The van der Waals surface area contributed by atoms with Crippen LogP contribution in [0, 0.1) is 13.8 Å². The maximum atomic E-state index is 12.2. The Labute approximate surface area is 127 Å². The van der Waals surface area contributed by atoms with Crippen molar-refractivity contribution in [3.63, 3.8) is 0 Å². The number of aryl methyl sites for hydroxylation is 2. The lowest BCUT2D eigenvalue weighted by atomic mass is 10.1. The van der Waals surface area contributed by atoms with Gasteiger partial charge in [0.05, 0.1) is 10.0 Å². The molecular formula is C15H13Cl2NO2. The van der Waals surface area contributed by atoms with Gasteiger partial charge in [0, 0.05) is 11.3 Å². The van der Waals surface area contributed by atoms with E-state index in [2.05, 4.69) is 5.32 Å². The summed E-state index contributed by atoms with van der Waals surface area (Å²) in [5.41, 5.74) is 2.90. The third kappa shape index (κ3) is 3.06. The first-order valence-corrected chi connectivity index (χ1v) is 6.70. The number of hydrogen-bond donors (Lipinski definition) is 2. The maximum absolute atomic E-state index is 12.2. The van der Waals surface area contributed by atoms with Gasteiger partial charge in [0.1, 0.15) is 0 Å². The first kappa shape index (κ1) is 14.7. The summed E-state index contributed by atoms with van der Waals surface area (Å²) in [7, 11) is 0. The number of anilines is 1. The van der Waals surface area contributed by atoms with Crippen LogP contribution in [0.25, 0.3) is 0 Å². The molecular weight excluding hydrogens is 297 g/mol. The highest BCUT2D eigenvalue weighted by Crippen LogP contribution is 2.34. The second-order valence-corrected chi connectivity index (χ2v) is 5.38. The maximum Gasteiger partial charge on any atom is 0.255 e. The van der Waals surface area contributed by atoms with Crippen LogP contribution in [-0.2, 0) is 0 Å². The summed E-state index contributed by atoms with van der Waals surface area (Å²) < 4.78 is 0. The Morgan fingerprint density at radius 1 is 1.10 bits per heavy atom. The summed E-state index contributed by atoms with van der Waals surface area (Å²) in [6.45, 7) is 3.79. The van der Waals surface area contributed by atoms with Gasteiger partial charge in [-0.2, -0.15) is 0 Å². The summed E-state index contributed by atoms with van der Waals surface area (Å²) in [5, 5.41) is 12.4. The third-order valence-electron chi connectivity index (χ3n) is 2.91. The predicted molar refractivity (Wildman–Crippen MR) is 82.0 cm³/mol. The molecule has 3 nitrogen and oxygen atoms in total. The molecule has 0 aliphatic rings. The molecule has 0 aromatic heterocycles. The van der Waals surface area contributed by atoms with E-state index in [0.29, 0.717) is 11.3 Å². The summed E-state index contributed by atoms with van der Waals surface area (Å²) in [6, 6.07) is 8.55. The quantitative estimate of drug-likeness (QED) is 0.798. The van der Waals surface area contributed by atoms with Gasteiger partial charge in [-0.3, -0.25) is 4.79 Å². The van der Waals surface area contributed by atoms with Gasteiger partial charge in [0.25, 0.3) is 5.91 Å². The standard InChI is InChI=1S/C15H13Cl2NO2/c1-8-3-4-9(2)11(5-8)15(20)18-10-6-12(16)14(19)13(17)7-10/h3-7,19H,1-2H3,(H,18,20). The number of amides is 1. The number of halogens is 2. The number of rotatable bonds is 2. The number of phenols is 1. The number of hydrogen-bond acceptors (Lipinski definition) is 2. The number of phenolic OH excluding ortho intramolecular Hbond substituents is 1. The zero-order valence-electron chi connectivity index (χ0n) is 11.0. The highest BCUT2D eigenvalue weighted by atomic mass is 35.5. The van der Waals surface area contributed by atoms with Gasteiger partial charge in [-0.25, -0.2) is 0 Å². The summed E-state index contributed by atoms with van der Waals surface area (Å²) in [6.07, 6.45) is 0. The molecule has 0 fully saturated rings. The van der Waals surface area contributed by atoms with Crippen molar-refractivity contribution in [1.29, 1.82) is 0 Å². The van der Waals surface area contributed by atoms with Crippen LogP contribution in [0.1, 0.15) is 21.5 Å². The molecule has 2 aromatic rings. The number of aromatic hydroxyl groups is 1. The number of carbonyl (C=O) groups is 1. The van der Waals surface area contributed by atoms with Crippen molar-refractivity contribution in [2.75, 3.05) is 5.32 Å². The van der Waals surface area contributed by atoms with Gasteiger partial charge < -0.3 is 10.4 Å². The zero-order valence-corrected chi connectivity index (χ0v) is 12.5. The Balaban J connectivity index is 2.30. The Morgan fingerprint density at radius 3 is 2.30 bits per heavy atom. The van der Waals surface area contributed by atoms with Crippen LogP contribution < -0.4 is 5.32 Å². The van der Waals surface area contributed by atoms with Crippen LogP contribution in [0.4, 0.5) is 5.69 Å². The lowest BCUT2D eigenvalue weighted by Gasteiger charge is -2.10. The molecule has 0 aliphatic heterocycles. The van der Waals surface area contributed by atoms with Crippen molar-refractivity contribution >= 4 is 34.8 Å². The molecule has 2 aromatic carbocycles. The molecule has 1 amide bonds. The molecule has 0 aliphatic carbocycles. The number of carbonyl (C=O) groups excluding carboxylic acids is 1. The van der Waals surface area contributed by atoms with Gasteiger partial charge in [-0.1, -0.05) is 40.9 Å². The molecule has 0 saturated heterocycles. The van der Waals surface area contributed by atoms with E-state index in [1.165, 1.54) is 12.1 Å². The SMILES string of the molecule is Cc1ccc(C)c(C(=O)Nc2cc(Cl)c(O)c(Cl)c2)c1. The summed E-state index contributed by atoms with van der Waals surface area (Å²) in [5.74, 6) is -0.443. The molecule has 0 bridgehead atoms. The van der Waals surface area contributed by atoms with Gasteiger partial charge in [-0.05, 0) is 37.6 Å². The highest BCUT2D eigenvalue weighted by Gasteiger charge is 2.12. The van der Waals surface area contributed by atoms with E-state index in [1.807, 2.05) is 32.0 Å². The molecule has 0 radical (unpaired) electrons. The van der Waals surface area contributed by atoms with Crippen molar-refractivity contribution in [2.45, 2.75) is 13.8 Å². The van der Waals surface area contributed by atoms with E-state index in [-0.39, 0.29) is 21.7 Å². The second kappa shape index (κ2) is 5.73. The van der Waals surface area contributed by atoms with Crippen LogP contribution in [0.5, 0.6) is 5.75 Å². The molecule has 2 rings (SSSR count). The lowest BCUT2D eigenvalue weighted by molar-refractivity contribution is 0.102. The second-order valence-electron chi connectivity index (χ2n) is 4.56. The molecule has 0 spiro atoms. The normalized spacial score (nSPS) is 10.4. The van der Waals surface area contributed by atoms with E-state index >= 15 is 0 Å². The summed E-state index contributed by atoms with van der Waals surface area (Å²) in [4.78, 5) is 12.2. The first-order chi connectivity index (χ1) is 9.38. The van der Waals surface area contributed by atoms with Gasteiger partial charge in [-0.15, -0.1) is 0 Å². The largest absolute Gasteiger partial charge is 0.505 e. The fraction of sp³-hybridized carbons (Fsp3) is 0.133. The van der Waals surface area contributed by atoms with E-state index in [9.17, 15) is 9.90 Å². The fourth-order valence-corrected chi connectivity index (χ4v) is 2.30. The molecule has 0 atom stereocenters. The fourth-order valence-electron chi connectivity index (χ4n) is 1.82. The third-order valence-corrected chi connectivity index (χ3v) is 3.49. The smallest absolute Gasteiger partial charge is 0.255 e. The van der Waals surface area contributed by atoms with Gasteiger partial charge >= 0.3 is 0 Å². The minimum absolute atomic E-state index is 0.0914. The Kier molecular flexibility index (Phi) is 4.21. The molecule has 0 unspecified atom stereocenters. The topological polar surface area (TPSA) is 49.3 Å². The molecule has 0 heterocycles. The van der Waals surface area contributed by atoms with Crippen LogP contribution in [0.2, 0.25) is 10.0 Å². The van der Waals surface area contributed by atoms with Crippen molar-refractivity contribution in [2.24, 2.45) is 0 Å². The Hall–Kier alpha value is -1.71. The molecule has 2 N–H and O–H groups in total. The minimum Gasteiger partial charge on any atom is -0.505 e. The van der Waals surface area contributed by atoms with Crippen LogP contribution in [-0.4, -0.2) is 11.0 Å². The van der Waals surface area contributed by atoms with Gasteiger partial charge in [0.2, 0.25) is 0 Å². The van der Waals surface area contributed by atoms with E-state index in [4.69, 9.17) is 23.2 Å². The Morgan fingerprint density at radius 2 is 1.70 bits per heavy atom. The zero-order chi connectivity index (χ0) is 14.9. The van der Waals surface area contributed by atoms with Gasteiger partial charge in [0.15, 0.2) is 5.75 Å². The van der Waals surface area contributed by atoms with Crippen molar-refractivity contribution in [1.82, 2.24) is 0 Å². The molecule has 0 saturated carbocycles. The first-order valence-electron chi connectivity index (χ1n) is 5.95. The van der Waals surface area contributed by atoms with E-state index < -0.39 is 0 Å². The van der Waals surface area contributed by atoms with Crippen LogP contribution in [0.3, 0.4) is 0 Å².